The lowest BCUT2D eigenvalue weighted by Gasteiger charge is -2.13. The van der Waals surface area contributed by atoms with Crippen LogP contribution in [0.25, 0.3) is 10.2 Å². The van der Waals surface area contributed by atoms with Crippen molar-refractivity contribution in [3.8, 4) is 0 Å². The first-order valence-corrected chi connectivity index (χ1v) is 6.94. The normalized spacial score (nSPS) is 13.0. The molecule has 1 aromatic carbocycles. The van der Waals surface area contributed by atoms with Crippen molar-refractivity contribution in [2.24, 2.45) is 5.84 Å². The molecule has 0 fully saturated rings. The number of methoxy groups -OCH3 is 1. The van der Waals surface area contributed by atoms with E-state index in [1.54, 1.807) is 18.4 Å². The third kappa shape index (κ3) is 3.49. The highest BCUT2D eigenvalue weighted by Crippen LogP contribution is 2.22. The fraction of sp³-hybridized carbons (Fsp3) is 0.462. The SMILES string of the molecule is COCCCC(Cc1nc2ccccc2s1)NN. The van der Waals surface area contributed by atoms with Crippen LogP contribution in [0.15, 0.2) is 24.3 Å². The van der Waals surface area contributed by atoms with E-state index in [1.165, 1.54) is 4.70 Å². The third-order valence-corrected chi connectivity index (χ3v) is 3.95. The molecule has 2 aromatic rings. The minimum Gasteiger partial charge on any atom is -0.385 e. The summed E-state index contributed by atoms with van der Waals surface area (Å²) in [7, 11) is 1.72. The number of rotatable bonds is 7. The van der Waals surface area contributed by atoms with Gasteiger partial charge in [-0.1, -0.05) is 12.1 Å². The molecule has 0 saturated heterocycles. The maximum Gasteiger partial charge on any atom is 0.0954 e. The molecule has 3 N–H and O–H groups in total. The van der Waals surface area contributed by atoms with E-state index in [1.807, 2.05) is 18.2 Å². The van der Waals surface area contributed by atoms with Crippen LogP contribution in [0.1, 0.15) is 17.8 Å². The number of para-hydroxylation sites is 1. The summed E-state index contributed by atoms with van der Waals surface area (Å²) in [6.45, 7) is 0.776. The molecule has 1 aromatic heterocycles. The summed E-state index contributed by atoms with van der Waals surface area (Å²) in [5, 5.41) is 1.14. The number of thiazole rings is 1. The Hall–Kier alpha value is -1.01. The molecule has 4 nitrogen and oxygen atoms in total. The lowest BCUT2D eigenvalue weighted by molar-refractivity contribution is 0.188. The largest absolute Gasteiger partial charge is 0.385 e. The molecule has 0 bridgehead atoms. The van der Waals surface area contributed by atoms with Crippen molar-refractivity contribution in [2.45, 2.75) is 25.3 Å². The molecule has 0 spiro atoms. The number of hydrogen-bond donors (Lipinski definition) is 2. The van der Waals surface area contributed by atoms with Gasteiger partial charge in [0.2, 0.25) is 0 Å². The first-order valence-electron chi connectivity index (χ1n) is 6.13. The number of nitrogens with two attached hydrogens (primary N) is 1. The minimum atomic E-state index is 0.265. The van der Waals surface area contributed by atoms with Gasteiger partial charge in [0.1, 0.15) is 0 Å². The van der Waals surface area contributed by atoms with E-state index in [0.29, 0.717) is 0 Å². The second-order valence-corrected chi connectivity index (χ2v) is 5.39. The predicted molar refractivity (Wildman–Crippen MR) is 75.5 cm³/mol. The van der Waals surface area contributed by atoms with Crippen LogP contribution in [0.4, 0.5) is 0 Å². The van der Waals surface area contributed by atoms with Crippen LogP contribution >= 0.6 is 11.3 Å². The van der Waals surface area contributed by atoms with Gasteiger partial charge < -0.3 is 4.74 Å². The lowest BCUT2D eigenvalue weighted by atomic mass is 10.1. The third-order valence-electron chi connectivity index (χ3n) is 2.90. The molecule has 98 valence electrons. The van der Waals surface area contributed by atoms with E-state index >= 15 is 0 Å². The number of fused-ring (bicyclic) bond motifs is 1. The second-order valence-electron chi connectivity index (χ2n) is 4.28. The first-order chi connectivity index (χ1) is 8.83. The molecule has 0 radical (unpaired) electrons. The second kappa shape index (κ2) is 6.80. The van der Waals surface area contributed by atoms with Gasteiger partial charge in [0.05, 0.1) is 15.2 Å². The van der Waals surface area contributed by atoms with Gasteiger partial charge in [0.25, 0.3) is 0 Å². The molecule has 0 aliphatic rings. The summed E-state index contributed by atoms with van der Waals surface area (Å²) >= 11 is 1.74. The zero-order chi connectivity index (χ0) is 12.8. The Morgan fingerprint density at radius 3 is 3.00 bits per heavy atom. The maximum absolute atomic E-state index is 5.58. The van der Waals surface area contributed by atoms with Crippen LogP contribution in [0.2, 0.25) is 0 Å². The van der Waals surface area contributed by atoms with Crippen molar-refractivity contribution in [3.63, 3.8) is 0 Å². The van der Waals surface area contributed by atoms with E-state index in [4.69, 9.17) is 10.6 Å². The summed E-state index contributed by atoms with van der Waals surface area (Å²) < 4.78 is 6.29. The monoisotopic (exact) mass is 265 g/mol. The van der Waals surface area contributed by atoms with Crippen molar-refractivity contribution in [1.29, 1.82) is 0 Å². The summed E-state index contributed by atoms with van der Waals surface area (Å²) in [6, 6.07) is 8.47. The zero-order valence-electron chi connectivity index (χ0n) is 10.6. The van der Waals surface area contributed by atoms with Crippen molar-refractivity contribution in [3.05, 3.63) is 29.3 Å². The molecule has 0 amide bonds. The lowest BCUT2D eigenvalue weighted by Crippen LogP contribution is -2.36. The zero-order valence-corrected chi connectivity index (χ0v) is 11.4. The van der Waals surface area contributed by atoms with Crippen molar-refractivity contribution in [2.75, 3.05) is 13.7 Å². The average Bonchev–Trinajstić information content (AvgIpc) is 2.80. The Labute approximate surface area is 111 Å². The maximum atomic E-state index is 5.58. The highest BCUT2D eigenvalue weighted by molar-refractivity contribution is 7.18. The topological polar surface area (TPSA) is 60.2 Å². The first kappa shape index (κ1) is 13.4. The standard InChI is InChI=1S/C13H19N3OS/c1-17-8-4-5-10(16-14)9-13-15-11-6-2-3-7-12(11)18-13/h2-3,6-7,10,16H,4-5,8-9,14H2,1H3. The van der Waals surface area contributed by atoms with Gasteiger partial charge in [-0.15, -0.1) is 11.3 Å². The molecular formula is C13H19N3OS. The highest BCUT2D eigenvalue weighted by atomic mass is 32.1. The van der Waals surface area contributed by atoms with Crippen LogP contribution in [0.5, 0.6) is 0 Å². The molecule has 2 rings (SSSR count). The van der Waals surface area contributed by atoms with Crippen molar-refractivity contribution < 1.29 is 4.74 Å². The minimum absolute atomic E-state index is 0.265. The Kier molecular flexibility index (Phi) is 5.07. The van der Waals surface area contributed by atoms with Crippen molar-refractivity contribution >= 4 is 21.6 Å². The van der Waals surface area contributed by atoms with E-state index in [2.05, 4.69) is 16.5 Å². The number of ether oxygens (including phenoxy) is 1. The van der Waals surface area contributed by atoms with Crippen molar-refractivity contribution in [1.82, 2.24) is 10.4 Å². The summed E-state index contributed by atoms with van der Waals surface area (Å²) in [5.41, 5.74) is 3.94. The van der Waals surface area contributed by atoms with Gasteiger partial charge in [-0.2, -0.15) is 0 Å². The number of hydrogen-bond acceptors (Lipinski definition) is 5. The Bertz CT molecular complexity index is 453. The van der Waals surface area contributed by atoms with Gasteiger partial charge in [-0.25, -0.2) is 4.98 Å². The molecule has 0 aliphatic heterocycles. The molecule has 1 atom stereocenters. The van der Waals surface area contributed by atoms with Crippen LogP contribution in [0.3, 0.4) is 0 Å². The molecule has 5 heteroatoms. The number of nitrogens with one attached hydrogen (secondary N) is 1. The van der Waals surface area contributed by atoms with Crippen LogP contribution in [0, 0.1) is 0 Å². The Morgan fingerprint density at radius 1 is 1.44 bits per heavy atom. The summed E-state index contributed by atoms with van der Waals surface area (Å²) in [4.78, 5) is 4.62. The quantitative estimate of drug-likeness (QED) is 0.457. The number of hydrazine groups is 1. The van der Waals surface area contributed by atoms with E-state index < -0.39 is 0 Å². The Balaban J connectivity index is 1.97. The van der Waals surface area contributed by atoms with Crippen LogP contribution in [-0.2, 0) is 11.2 Å². The van der Waals surface area contributed by atoms with E-state index in [0.717, 1.165) is 36.4 Å². The van der Waals surface area contributed by atoms with Gasteiger partial charge in [0, 0.05) is 26.2 Å². The Morgan fingerprint density at radius 2 is 2.28 bits per heavy atom. The molecular weight excluding hydrogens is 246 g/mol. The number of nitrogens with zero attached hydrogens (tertiary/aromatic N) is 1. The predicted octanol–water partition coefficient (Wildman–Crippen LogP) is 2.10. The van der Waals surface area contributed by atoms with Crippen LogP contribution in [-0.4, -0.2) is 24.7 Å². The molecule has 1 heterocycles. The fourth-order valence-electron chi connectivity index (χ4n) is 1.94. The summed E-state index contributed by atoms with van der Waals surface area (Å²) in [5.74, 6) is 5.58. The molecule has 18 heavy (non-hydrogen) atoms. The van der Waals surface area contributed by atoms with E-state index in [-0.39, 0.29) is 6.04 Å². The summed E-state index contributed by atoms with van der Waals surface area (Å²) in [6.07, 6.45) is 2.89. The molecule has 0 aliphatic carbocycles. The number of aromatic nitrogens is 1. The molecule has 0 saturated carbocycles. The van der Waals surface area contributed by atoms with Gasteiger partial charge in [-0.3, -0.25) is 11.3 Å². The van der Waals surface area contributed by atoms with Crippen LogP contribution < -0.4 is 11.3 Å². The molecule has 1 unspecified atom stereocenters. The smallest absolute Gasteiger partial charge is 0.0954 e. The number of benzene rings is 1. The van der Waals surface area contributed by atoms with Gasteiger partial charge in [-0.05, 0) is 25.0 Å². The van der Waals surface area contributed by atoms with Gasteiger partial charge in [0.15, 0.2) is 0 Å². The average molecular weight is 265 g/mol. The van der Waals surface area contributed by atoms with E-state index in [9.17, 15) is 0 Å². The fourth-order valence-corrected chi connectivity index (χ4v) is 2.98. The highest BCUT2D eigenvalue weighted by Gasteiger charge is 2.11. The van der Waals surface area contributed by atoms with Gasteiger partial charge >= 0.3 is 0 Å².